The topological polar surface area (TPSA) is 71.2 Å². The number of nitrogens with two attached hydrogens (primary N) is 1. The summed E-state index contributed by atoms with van der Waals surface area (Å²) in [5.41, 5.74) is 6.47. The molecule has 0 aliphatic carbocycles. The first kappa shape index (κ1) is 9.60. The highest BCUT2D eigenvalue weighted by Gasteiger charge is 2.08. The number of aliphatic hydroxyl groups excluding tert-OH is 1. The smallest absolute Gasteiger partial charge is 0.111 e. The van der Waals surface area contributed by atoms with Gasteiger partial charge in [-0.25, -0.2) is 4.98 Å². The van der Waals surface area contributed by atoms with Gasteiger partial charge in [0.2, 0.25) is 0 Å². The van der Waals surface area contributed by atoms with Gasteiger partial charge in [-0.3, -0.25) is 0 Å². The second kappa shape index (κ2) is 4.51. The second-order valence-electron chi connectivity index (χ2n) is 2.50. The largest absolute Gasteiger partial charge is 0.390 e. The fourth-order valence-electron chi connectivity index (χ4n) is 0.873. The minimum absolute atomic E-state index is 0.0111. The van der Waals surface area contributed by atoms with Crippen LogP contribution in [0.3, 0.4) is 0 Å². The molecule has 1 rings (SSSR count). The summed E-state index contributed by atoms with van der Waals surface area (Å²) >= 11 is 1.49. The van der Waals surface area contributed by atoms with Gasteiger partial charge in [0.25, 0.3) is 0 Å². The van der Waals surface area contributed by atoms with Gasteiger partial charge in [-0.15, -0.1) is 11.3 Å². The second-order valence-corrected chi connectivity index (χ2v) is 3.39. The molecule has 0 saturated carbocycles. The van der Waals surface area contributed by atoms with Crippen LogP contribution in [0, 0.1) is 0 Å². The number of rotatable bonds is 4. The minimum Gasteiger partial charge on any atom is -0.390 e. The molecule has 12 heavy (non-hydrogen) atoms. The Morgan fingerprint density at radius 1 is 1.83 bits per heavy atom. The van der Waals surface area contributed by atoms with Crippen molar-refractivity contribution in [1.29, 1.82) is 0 Å². The van der Waals surface area contributed by atoms with Crippen LogP contribution in [0.5, 0.6) is 0 Å². The monoisotopic (exact) mass is 187 g/mol. The third-order valence-electron chi connectivity index (χ3n) is 1.47. The zero-order chi connectivity index (χ0) is 8.97. The molecule has 0 aromatic carbocycles. The molecule has 0 unspecified atom stereocenters. The molecule has 1 aromatic rings. The van der Waals surface area contributed by atoms with Crippen molar-refractivity contribution >= 4 is 11.3 Å². The van der Waals surface area contributed by atoms with Crippen molar-refractivity contribution in [1.82, 2.24) is 10.3 Å². The predicted molar refractivity (Wildman–Crippen MR) is 48.9 cm³/mol. The Hall–Kier alpha value is -0.490. The Morgan fingerprint density at radius 2 is 2.58 bits per heavy atom. The summed E-state index contributed by atoms with van der Waals surface area (Å²) in [5, 5.41) is 14.4. The third kappa shape index (κ3) is 2.25. The van der Waals surface area contributed by atoms with E-state index in [9.17, 15) is 0 Å². The number of nitrogens with one attached hydrogen (secondary N) is 1. The first-order chi connectivity index (χ1) is 5.77. The van der Waals surface area contributed by atoms with Gasteiger partial charge in [-0.05, 0) is 7.05 Å². The van der Waals surface area contributed by atoms with Crippen LogP contribution in [0.25, 0.3) is 0 Å². The van der Waals surface area contributed by atoms with Crippen LogP contribution < -0.4 is 11.1 Å². The summed E-state index contributed by atoms with van der Waals surface area (Å²) < 4.78 is 0. The number of aliphatic hydroxyl groups is 1. The van der Waals surface area contributed by atoms with Crippen molar-refractivity contribution in [3.8, 4) is 0 Å². The molecule has 0 fully saturated rings. The molecule has 0 radical (unpaired) electrons. The normalized spacial score (nSPS) is 13.2. The van der Waals surface area contributed by atoms with E-state index in [-0.39, 0.29) is 12.6 Å². The molecule has 0 bridgehead atoms. The van der Waals surface area contributed by atoms with E-state index in [1.54, 1.807) is 0 Å². The SMILES string of the molecule is CNC[C@H](N)c1nc(CO)cs1. The number of hydrogen-bond donors (Lipinski definition) is 3. The van der Waals surface area contributed by atoms with Crippen LogP contribution in [-0.4, -0.2) is 23.7 Å². The molecule has 68 valence electrons. The van der Waals surface area contributed by atoms with Crippen molar-refractivity contribution in [2.75, 3.05) is 13.6 Å². The summed E-state index contributed by atoms with van der Waals surface area (Å²) in [7, 11) is 1.85. The Labute approximate surface area is 75.4 Å². The summed E-state index contributed by atoms with van der Waals surface area (Å²) in [5.74, 6) is 0. The molecular formula is C7H13N3OS. The van der Waals surface area contributed by atoms with Crippen molar-refractivity contribution < 1.29 is 5.11 Å². The lowest BCUT2D eigenvalue weighted by atomic mass is 10.3. The van der Waals surface area contributed by atoms with Crippen LogP contribution in [0.1, 0.15) is 16.7 Å². The van der Waals surface area contributed by atoms with E-state index in [2.05, 4.69) is 10.3 Å². The van der Waals surface area contributed by atoms with E-state index in [4.69, 9.17) is 10.8 Å². The summed E-state index contributed by atoms with van der Waals surface area (Å²) in [6, 6.07) is -0.0692. The van der Waals surface area contributed by atoms with E-state index in [0.717, 1.165) is 5.01 Å². The summed E-state index contributed by atoms with van der Waals surface area (Å²) in [6.07, 6.45) is 0. The summed E-state index contributed by atoms with van der Waals surface area (Å²) in [6.45, 7) is 0.696. The fraction of sp³-hybridized carbons (Fsp3) is 0.571. The molecule has 4 nitrogen and oxygen atoms in total. The minimum atomic E-state index is -0.0692. The van der Waals surface area contributed by atoms with Crippen molar-refractivity contribution in [2.45, 2.75) is 12.6 Å². The fourth-order valence-corrected chi connectivity index (χ4v) is 1.68. The quantitative estimate of drug-likeness (QED) is 0.613. The lowest BCUT2D eigenvalue weighted by molar-refractivity contribution is 0.277. The van der Waals surface area contributed by atoms with Crippen molar-refractivity contribution in [2.24, 2.45) is 5.73 Å². The molecule has 5 heteroatoms. The molecule has 0 amide bonds. The average Bonchev–Trinajstić information content (AvgIpc) is 2.52. The van der Waals surface area contributed by atoms with Gasteiger partial charge >= 0.3 is 0 Å². The van der Waals surface area contributed by atoms with Gasteiger partial charge in [0, 0.05) is 11.9 Å². The van der Waals surface area contributed by atoms with Gasteiger partial charge in [-0.1, -0.05) is 0 Å². The number of nitrogens with zero attached hydrogens (tertiary/aromatic N) is 1. The van der Waals surface area contributed by atoms with E-state index in [0.29, 0.717) is 12.2 Å². The van der Waals surface area contributed by atoms with E-state index >= 15 is 0 Å². The predicted octanol–water partition coefficient (Wildman–Crippen LogP) is -0.145. The zero-order valence-corrected chi connectivity index (χ0v) is 7.77. The maximum absolute atomic E-state index is 8.75. The highest BCUT2D eigenvalue weighted by molar-refractivity contribution is 7.09. The first-order valence-corrected chi connectivity index (χ1v) is 4.61. The molecular weight excluding hydrogens is 174 g/mol. The first-order valence-electron chi connectivity index (χ1n) is 3.73. The van der Waals surface area contributed by atoms with E-state index in [1.165, 1.54) is 11.3 Å². The Balaban J connectivity index is 2.61. The van der Waals surface area contributed by atoms with E-state index < -0.39 is 0 Å². The van der Waals surface area contributed by atoms with E-state index in [1.807, 2.05) is 12.4 Å². The maximum atomic E-state index is 8.75. The number of likely N-dealkylation sites (N-methyl/N-ethyl adjacent to an activating group) is 1. The molecule has 1 heterocycles. The standard InChI is InChI=1S/C7H13N3OS/c1-9-2-6(8)7-10-5(3-11)4-12-7/h4,6,9,11H,2-3,8H2,1H3/t6-/m0/s1. The highest BCUT2D eigenvalue weighted by atomic mass is 32.1. The summed E-state index contributed by atoms with van der Waals surface area (Å²) in [4.78, 5) is 4.15. The van der Waals surface area contributed by atoms with Gasteiger partial charge in [0.1, 0.15) is 5.01 Å². The Morgan fingerprint density at radius 3 is 3.08 bits per heavy atom. The number of thiazole rings is 1. The van der Waals surface area contributed by atoms with Gasteiger partial charge in [-0.2, -0.15) is 0 Å². The van der Waals surface area contributed by atoms with Gasteiger partial charge in [0.15, 0.2) is 0 Å². The molecule has 0 spiro atoms. The van der Waals surface area contributed by atoms with Crippen molar-refractivity contribution in [3.05, 3.63) is 16.1 Å². The number of aromatic nitrogens is 1. The highest BCUT2D eigenvalue weighted by Crippen LogP contribution is 2.15. The zero-order valence-electron chi connectivity index (χ0n) is 6.95. The molecule has 0 aliphatic heterocycles. The third-order valence-corrected chi connectivity index (χ3v) is 2.50. The molecule has 4 N–H and O–H groups in total. The maximum Gasteiger partial charge on any atom is 0.111 e. The molecule has 0 saturated heterocycles. The Bertz CT molecular complexity index is 238. The lowest BCUT2D eigenvalue weighted by Gasteiger charge is -2.05. The molecule has 0 aliphatic rings. The molecule has 1 atom stereocenters. The van der Waals surface area contributed by atoms with Crippen LogP contribution in [0.4, 0.5) is 0 Å². The van der Waals surface area contributed by atoms with Crippen LogP contribution >= 0.6 is 11.3 Å². The van der Waals surface area contributed by atoms with Gasteiger partial charge in [0.05, 0.1) is 18.3 Å². The van der Waals surface area contributed by atoms with Gasteiger partial charge < -0.3 is 16.2 Å². The van der Waals surface area contributed by atoms with Crippen molar-refractivity contribution in [3.63, 3.8) is 0 Å². The number of hydrogen-bond acceptors (Lipinski definition) is 5. The average molecular weight is 187 g/mol. The lowest BCUT2D eigenvalue weighted by Crippen LogP contribution is -2.23. The van der Waals surface area contributed by atoms with Crippen LogP contribution in [-0.2, 0) is 6.61 Å². The molecule has 1 aromatic heterocycles. The van der Waals surface area contributed by atoms with Crippen LogP contribution in [0.15, 0.2) is 5.38 Å². The Kier molecular flexibility index (Phi) is 3.61. The van der Waals surface area contributed by atoms with Crippen LogP contribution in [0.2, 0.25) is 0 Å².